The van der Waals surface area contributed by atoms with E-state index in [0.717, 1.165) is 11.1 Å². The molecule has 4 heterocycles. The average molecular weight is 535 g/mol. The number of benzene rings is 2. The molecule has 5 N–H and O–H groups in total. The van der Waals surface area contributed by atoms with Crippen LogP contribution in [0.25, 0.3) is 0 Å². The van der Waals surface area contributed by atoms with Gasteiger partial charge >= 0.3 is 0 Å². The second-order valence-corrected chi connectivity index (χ2v) is 9.83. The molecule has 4 aliphatic rings. The van der Waals surface area contributed by atoms with Gasteiger partial charge in [-0.15, -0.1) is 0 Å². The monoisotopic (exact) mass is 534 g/mol. The Morgan fingerprint density at radius 2 is 1.61 bits per heavy atom. The maximum Gasteiger partial charge on any atom is 0.231 e. The Morgan fingerprint density at radius 1 is 0.868 bits per heavy atom. The van der Waals surface area contributed by atoms with Gasteiger partial charge in [0.1, 0.15) is 24.4 Å². The van der Waals surface area contributed by atoms with E-state index in [2.05, 4.69) is 0 Å². The zero-order valence-electron chi connectivity index (χ0n) is 20.5. The third-order valence-corrected chi connectivity index (χ3v) is 7.68. The van der Waals surface area contributed by atoms with Crippen molar-refractivity contribution < 1.29 is 58.7 Å². The van der Waals surface area contributed by atoms with Gasteiger partial charge in [0.25, 0.3) is 0 Å². The number of rotatable bonds is 6. The van der Waals surface area contributed by atoms with Crippen molar-refractivity contribution in [2.45, 2.75) is 42.9 Å². The Bertz CT molecular complexity index is 1170. The van der Waals surface area contributed by atoms with Gasteiger partial charge in [-0.2, -0.15) is 0 Å². The normalized spacial score (nSPS) is 35.8. The number of methoxy groups -OCH3 is 1. The van der Waals surface area contributed by atoms with E-state index in [1.165, 1.54) is 7.11 Å². The Labute approximate surface area is 217 Å². The molecule has 3 saturated heterocycles. The summed E-state index contributed by atoms with van der Waals surface area (Å²) in [5, 5.41) is 50.1. The lowest BCUT2D eigenvalue weighted by atomic mass is 9.85. The molecule has 2 aromatic rings. The van der Waals surface area contributed by atoms with Crippen molar-refractivity contribution >= 4 is 0 Å². The Kier molecular flexibility index (Phi) is 6.72. The fourth-order valence-electron chi connectivity index (χ4n) is 5.66. The predicted molar refractivity (Wildman–Crippen MR) is 126 cm³/mol. The number of aliphatic hydroxyl groups is 4. The number of aromatic hydroxyl groups is 1. The third-order valence-electron chi connectivity index (χ3n) is 7.68. The van der Waals surface area contributed by atoms with Crippen LogP contribution in [0.4, 0.5) is 0 Å². The van der Waals surface area contributed by atoms with Crippen molar-refractivity contribution in [3.8, 4) is 28.7 Å². The lowest BCUT2D eigenvalue weighted by molar-refractivity contribution is -0.277. The summed E-state index contributed by atoms with van der Waals surface area (Å²) in [7, 11) is 1.47. The summed E-state index contributed by atoms with van der Waals surface area (Å²) >= 11 is 0. The van der Waals surface area contributed by atoms with Crippen LogP contribution in [0, 0.1) is 11.8 Å². The molecule has 38 heavy (non-hydrogen) atoms. The molecule has 4 aliphatic heterocycles. The van der Waals surface area contributed by atoms with Crippen LogP contribution < -0.4 is 18.9 Å². The van der Waals surface area contributed by atoms with Gasteiger partial charge in [-0.25, -0.2) is 0 Å². The van der Waals surface area contributed by atoms with Crippen LogP contribution in [0.3, 0.4) is 0 Å². The summed E-state index contributed by atoms with van der Waals surface area (Å²) in [5.74, 6) is 1.53. The SMILES string of the molecule is COc1cc(C2OCC3C(c4cc(O)c5c(c4)OCO5)OCC23)ccc1OC1OC(CO)C(O)C(O)C1O. The second kappa shape index (κ2) is 10.0. The minimum Gasteiger partial charge on any atom is -0.504 e. The smallest absolute Gasteiger partial charge is 0.231 e. The van der Waals surface area contributed by atoms with Crippen molar-refractivity contribution in [1.29, 1.82) is 0 Å². The Hall–Kier alpha value is -2.84. The zero-order valence-corrected chi connectivity index (χ0v) is 20.5. The molecule has 0 radical (unpaired) electrons. The molecule has 0 aromatic heterocycles. The maximum atomic E-state index is 10.3. The van der Waals surface area contributed by atoms with Crippen molar-refractivity contribution in [1.82, 2.24) is 0 Å². The molecule has 0 aliphatic carbocycles. The van der Waals surface area contributed by atoms with Gasteiger partial charge in [0.05, 0.1) is 39.1 Å². The molecule has 9 atom stereocenters. The largest absolute Gasteiger partial charge is 0.504 e. The number of phenols is 1. The van der Waals surface area contributed by atoms with E-state index in [1.807, 2.05) is 12.1 Å². The fourth-order valence-corrected chi connectivity index (χ4v) is 5.66. The minimum atomic E-state index is -1.55. The Balaban J connectivity index is 1.19. The van der Waals surface area contributed by atoms with Crippen LogP contribution in [0.1, 0.15) is 23.3 Å². The van der Waals surface area contributed by atoms with E-state index in [4.69, 9.17) is 33.2 Å². The summed E-state index contributed by atoms with van der Waals surface area (Å²) in [5.41, 5.74) is 1.64. The van der Waals surface area contributed by atoms with E-state index in [1.54, 1.807) is 18.2 Å². The molecule has 2 aromatic carbocycles. The lowest BCUT2D eigenvalue weighted by Crippen LogP contribution is -2.60. The number of fused-ring (bicyclic) bond motifs is 2. The number of aliphatic hydroxyl groups excluding tert-OH is 4. The molecule has 0 amide bonds. The van der Waals surface area contributed by atoms with Crippen molar-refractivity contribution in [3.63, 3.8) is 0 Å². The fraction of sp³-hybridized carbons (Fsp3) is 0.538. The first kappa shape index (κ1) is 25.4. The van der Waals surface area contributed by atoms with Crippen LogP contribution in [0.2, 0.25) is 0 Å². The van der Waals surface area contributed by atoms with Gasteiger partial charge < -0.3 is 58.7 Å². The van der Waals surface area contributed by atoms with Gasteiger partial charge in [0.2, 0.25) is 18.8 Å². The highest BCUT2D eigenvalue weighted by atomic mass is 16.7. The summed E-state index contributed by atoms with van der Waals surface area (Å²) in [4.78, 5) is 0. The highest BCUT2D eigenvalue weighted by Gasteiger charge is 2.49. The predicted octanol–water partition coefficient (Wildman–Crippen LogP) is 0.383. The maximum absolute atomic E-state index is 10.3. The van der Waals surface area contributed by atoms with Crippen LogP contribution in [-0.4, -0.2) is 90.0 Å². The van der Waals surface area contributed by atoms with Crippen LogP contribution in [0.5, 0.6) is 28.7 Å². The van der Waals surface area contributed by atoms with Crippen molar-refractivity contribution in [2.24, 2.45) is 11.8 Å². The molecule has 0 saturated carbocycles. The van der Waals surface area contributed by atoms with E-state index >= 15 is 0 Å². The number of phenolic OH excluding ortho intramolecular Hbond substituents is 1. The summed E-state index contributed by atoms with van der Waals surface area (Å²) in [6, 6.07) is 8.70. The van der Waals surface area contributed by atoms with E-state index < -0.39 is 37.3 Å². The minimum absolute atomic E-state index is 0.0113. The molecule has 12 nitrogen and oxygen atoms in total. The molecule has 0 spiro atoms. The Morgan fingerprint density at radius 3 is 2.32 bits per heavy atom. The molecule has 3 fully saturated rings. The molecule has 0 bridgehead atoms. The van der Waals surface area contributed by atoms with Gasteiger partial charge in [0, 0.05) is 11.8 Å². The molecule has 12 heteroatoms. The highest BCUT2D eigenvalue weighted by Crippen LogP contribution is 2.53. The number of hydrogen-bond acceptors (Lipinski definition) is 12. The first-order valence-corrected chi connectivity index (χ1v) is 12.4. The zero-order chi connectivity index (χ0) is 26.6. The highest BCUT2D eigenvalue weighted by molar-refractivity contribution is 5.55. The molecular formula is C26H30O12. The second-order valence-electron chi connectivity index (χ2n) is 9.83. The van der Waals surface area contributed by atoms with Gasteiger partial charge in [0.15, 0.2) is 23.0 Å². The van der Waals surface area contributed by atoms with Gasteiger partial charge in [-0.3, -0.25) is 0 Å². The molecule has 6 rings (SSSR count). The standard InChI is InChI=1S/C26H30O12/c1-32-17-5-11(2-3-16(17)37-26-22(31)21(30)20(29)19(7-27)38-26)23-13-8-34-24(14(13)9-33-23)12-4-15(28)25-18(6-12)35-10-36-25/h2-6,13-14,19-24,26-31H,7-10H2,1H3. The average Bonchev–Trinajstić information content (AvgIpc) is 3.66. The molecule has 9 unspecified atom stereocenters. The van der Waals surface area contributed by atoms with Gasteiger partial charge in [-0.05, 0) is 35.4 Å². The topological polar surface area (TPSA) is 166 Å². The van der Waals surface area contributed by atoms with E-state index in [9.17, 15) is 25.5 Å². The van der Waals surface area contributed by atoms with Crippen molar-refractivity contribution in [3.05, 3.63) is 41.5 Å². The summed E-state index contributed by atoms with van der Waals surface area (Å²) < 4.78 is 39.8. The summed E-state index contributed by atoms with van der Waals surface area (Å²) in [6.45, 7) is 0.422. The third kappa shape index (κ3) is 4.22. The van der Waals surface area contributed by atoms with Crippen LogP contribution in [-0.2, 0) is 14.2 Å². The van der Waals surface area contributed by atoms with E-state index in [0.29, 0.717) is 30.5 Å². The first-order valence-electron chi connectivity index (χ1n) is 12.4. The molecular weight excluding hydrogens is 504 g/mol. The van der Waals surface area contributed by atoms with E-state index in [-0.39, 0.29) is 42.3 Å². The van der Waals surface area contributed by atoms with Crippen LogP contribution in [0.15, 0.2) is 30.3 Å². The van der Waals surface area contributed by atoms with Crippen LogP contribution >= 0.6 is 0 Å². The summed E-state index contributed by atoms with van der Waals surface area (Å²) in [6.07, 6.45) is -7.55. The first-order chi connectivity index (χ1) is 18.4. The number of hydrogen-bond donors (Lipinski definition) is 5. The lowest BCUT2D eigenvalue weighted by Gasteiger charge is -2.39. The van der Waals surface area contributed by atoms with Crippen molar-refractivity contribution in [2.75, 3.05) is 33.7 Å². The number of ether oxygens (including phenoxy) is 7. The molecule has 206 valence electrons. The van der Waals surface area contributed by atoms with Gasteiger partial charge in [-0.1, -0.05) is 6.07 Å². The quantitative estimate of drug-likeness (QED) is 0.347.